The fourth-order valence-electron chi connectivity index (χ4n) is 5.37. The number of nitrogens with zero attached hydrogens (tertiary/aromatic N) is 3. The predicted octanol–water partition coefficient (Wildman–Crippen LogP) is 2.27. The van der Waals surface area contributed by atoms with E-state index in [0.29, 0.717) is 5.75 Å². The van der Waals surface area contributed by atoms with Crippen LogP contribution in [0, 0.1) is 5.92 Å². The molecule has 0 spiro atoms. The van der Waals surface area contributed by atoms with Gasteiger partial charge in [-0.1, -0.05) is 64.7 Å². The lowest BCUT2D eigenvalue weighted by Gasteiger charge is -2.31. The Bertz CT molecular complexity index is 1060. The number of hydrogen-bond donors (Lipinski definition) is 8. The Balaban J connectivity index is 5.81. The highest BCUT2D eigenvalue weighted by Gasteiger charge is 2.30. The number of carbonyl (C=O) groups is 4. The first kappa shape index (κ1) is 48.9. The number of aliphatic imine (C=N–C) groups is 2. The zero-order valence-corrected chi connectivity index (χ0v) is 34.3. The highest BCUT2D eigenvalue weighted by molar-refractivity contribution is 7.99. The Labute approximate surface area is 317 Å². The van der Waals surface area contributed by atoms with Crippen molar-refractivity contribution in [2.24, 2.45) is 38.8 Å². The first-order valence-electron chi connectivity index (χ1n) is 18.8. The number of ketones is 1. The Morgan fingerprint density at radius 3 is 1.44 bits per heavy atom. The standard InChI is InChI=1S/C36H73N11O4S/c1-9-10-11-12-13-14-15-16-17-18-19-52-23-27(20-26(2)48)32(51)47(24-43-30(49)28(21-41-33(37)38)45-35(3,4)5)25-44-31(50)29(22-42-34(39)40)46-36(6,7)8/h27-29,45-46H,9-25H2,1-8H3,(H,43,49)(H,44,50)(H4,37,38,41)(H4,39,40,42)/t27?,28-,29+. The topological polar surface area (TPSA) is 248 Å². The summed E-state index contributed by atoms with van der Waals surface area (Å²) in [5, 5.41) is 12.0. The van der Waals surface area contributed by atoms with Crippen molar-refractivity contribution in [1.29, 1.82) is 0 Å². The number of unbranched alkanes of at least 4 members (excludes halogenated alkanes) is 9. The van der Waals surface area contributed by atoms with Gasteiger partial charge in [0.25, 0.3) is 0 Å². The Morgan fingerprint density at radius 2 is 1.08 bits per heavy atom. The van der Waals surface area contributed by atoms with Gasteiger partial charge in [0.05, 0.1) is 32.3 Å². The minimum absolute atomic E-state index is 0.0242. The summed E-state index contributed by atoms with van der Waals surface area (Å²) in [5.41, 5.74) is 21.2. The van der Waals surface area contributed by atoms with Crippen molar-refractivity contribution in [1.82, 2.24) is 26.2 Å². The van der Waals surface area contributed by atoms with Gasteiger partial charge in [-0.25, -0.2) is 0 Å². The molecule has 0 aromatic carbocycles. The molecule has 15 nitrogen and oxygen atoms in total. The summed E-state index contributed by atoms with van der Waals surface area (Å²) in [5.74, 6) is -1.01. The number of guanidine groups is 2. The summed E-state index contributed by atoms with van der Waals surface area (Å²) in [6.07, 6.45) is 12.4. The van der Waals surface area contributed by atoms with E-state index in [-0.39, 0.29) is 56.5 Å². The zero-order valence-electron chi connectivity index (χ0n) is 33.4. The van der Waals surface area contributed by atoms with Crippen molar-refractivity contribution in [3.8, 4) is 0 Å². The maximum absolute atomic E-state index is 14.1. The molecule has 3 atom stereocenters. The number of hydrogen-bond acceptors (Lipinski definition) is 9. The molecule has 52 heavy (non-hydrogen) atoms. The predicted molar refractivity (Wildman–Crippen MR) is 216 cm³/mol. The molecule has 3 amide bonds. The molecule has 0 aromatic rings. The number of thioether (sulfide) groups is 1. The van der Waals surface area contributed by atoms with Gasteiger partial charge in [-0.15, -0.1) is 0 Å². The molecule has 0 heterocycles. The average molecular weight is 756 g/mol. The van der Waals surface area contributed by atoms with Crippen molar-refractivity contribution in [2.45, 2.75) is 149 Å². The normalized spacial score (nSPS) is 13.4. The Kier molecular flexibility index (Phi) is 25.0. The van der Waals surface area contributed by atoms with E-state index in [4.69, 9.17) is 22.9 Å². The molecule has 0 aliphatic rings. The highest BCUT2D eigenvalue weighted by atomic mass is 32.2. The Hall–Kier alpha value is -3.11. The van der Waals surface area contributed by atoms with Crippen LogP contribution in [0.25, 0.3) is 0 Å². The second-order valence-electron chi connectivity index (χ2n) is 15.6. The lowest BCUT2D eigenvalue weighted by molar-refractivity contribution is -0.139. The van der Waals surface area contributed by atoms with Crippen LogP contribution < -0.4 is 44.2 Å². The number of nitrogens with one attached hydrogen (secondary N) is 4. The number of amides is 3. The minimum Gasteiger partial charge on any atom is -0.370 e. The molecule has 0 saturated heterocycles. The van der Waals surface area contributed by atoms with Crippen molar-refractivity contribution < 1.29 is 19.2 Å². The zero-order chi connectivity index (χ0) is 39.7. The lowest BCUT2D eigenvalue weighted by atomic mass is 10.0. The van der Waals surface area contributed by atoms with Crippen molar-refractivity contribution >= 4 is 47.2 Å². The monoisotopic (exact) mass is 756 g/mol. The van der Waals surface area contributed by atoms with Crippen molar-refractivity contribution in [3.05, 3.63) is 0 Å². The summed E-state index contributed by atoms with van der Waals surface area (Å²) in [6, 6.07) is -1.61. The lowest BCUT2D eigenvalue weighted by Crippen LogP contribution is -2.58. The maximum Gasteiger partial charge on any atom is 0.240 e. The van der Waals surface area contributed by atoms with Crippen molar-refractivity contribution in [2.75, 3.05) is 37.9 Å². The molecule has 16 heteroatoms. The molecule has 0 aromatic heterocycles. The fraction of sp³-hybridized carbons (Fsp3) is 0.833. The molecular formula is C36H73N11O4S. The first-order valence-corrected chi connectivity index (χ1v) is 20.0. The highest BCUT2D eigenvalue weighted by Crippen LogP contribution is 2.19. The van der Waals surface area contributed by atoms with Gasteiger partial charge in [0.15, 0.2) is 11.9 Å². The molecule has 0 saturated carbocycles. The van der Waals surface area contributed by atoms with Crippen molar-refractivity contribution in [3.63, 3.8) is 0 Å². The third-order valence-electron chi connectivity index (χ3n) is 7.80. The summed E-state index contributed by atoms with van der Waals surface area (Å²) in [6.45, 7) is 14.6. The molecule has 0 rings (SSSR count). The van der Waals surface area contributed by atoms with Crippen LogP contribution in [-0.2, 0) is 19.2 Å². The van der Waals surface area contributed by atoms with Crippen LogP contribution in [0.2, 0.25) is 0 Å². The van der Waals surface area contributed by atoms with Gasteiger partial charge in [-0.05, 0) is 60.6 Å². The average Bonchev–Trinajstić information content (AvgIpc) is 3.03. The van der Waals surface area contributed by atoms with E-state index in [2.05, 4.69) is 38.2 Å². The third kappa shape index (κ3) is 26.6. The quantitative estimate of drug-likeness (QED) is 0.0249. The molecule has 0 fully saturated rings. The van der Waals surface area contributed by atoms with Gasteiger partial charge in [0.2, 0.25) is 17.7 Å². The molecule has 0 aliphatic carbocycles. The molecule has 0 aliphatic heterocycles. The fourth-order valence-corrected chi connectivity index (χ4v) is 6.49. The van der Waals surface area contributed by atoms with E-state index in [1.165, 1.54) is 63.2 Å². The van der Waals surface area contributed by atoms with E-state index in [0.717, 1.165) is 18.6 Å². The summed E-state index contributed by atoms with van der Waals surface area (Å²) < 4.78 is 0. The van der Waals surface area contributed by atoms with Gasteiger partial charge in [-0.2, -0.15) is 11.8 Å². The SMILES string of the molecule is CCCCCCCCCCCCSCC(CC(C)=O)C(=O)N(CNC(=O)[C@H](CN=C(N)N)NC(C)(C)C)CNC(=O)[C@@H](CN=C(N)N)NC(C)(C)C. The number of Topliss-reactive ketones (excluding diaryl/α,β-unsaturated/α-hetero) is 1. The van der Waals surface area contributed by atoms with Crippen LogP contribution in [-0.4, -0.2) is 101 Å². The van der Waals surface area contributed by atoms with Crippen LogP contribution in [0.5, 0.6) is 0 Å². The summed E-state index contributed by atoms with van der Waals surface area (Å²) >= 11 is 1.65. The molecule has 1 unspecified atom stereocenters. The van der Waals surface area contributed by atoms with E-state index < -0.39 is 40.9 Å². The van der Waals surface area contributed by atoms with Gasteiger partial charge in [0, 0.05) is 23.3 Å². The summed E-state index contributed by atoms with van der Waals surface area (Å²) in [4.78, 5) is 62.6. The van der Waals surface area contributed by atoms with Gasteiger partial charge < -0.3 is 43.3 Å². The molecule has 0 radical (unpaired) electrons. The maximum atomic E-state index is 14.1. The second kappa shape index (κ2) is 26.6. The Morgan fingerprint density at radius 1 is 0.673 bits per heavy atom. The minimum atomic E-state index is -0.807. The van der Waals surface area contributed by atoms with Gasteiger partial charge in [0.1, 0.15) is 17.9 Å². The first-order chi connectivity index (χ1) is 24.3. The van der Waals surface area contributed by atoms with Crippen LogP contribution in [0.3, 0.4) is 0 Å². The molecule has 302 valence electrons. The van der Waals surface area contributed by atoms with E-state index in [1.807, 2.05) is 41.5 Å². The van der Waals surface area contributed by atoms with Crippen LogP contribution in [0.1, 0.15) is 126 Å². The third-order valence-corrected chi connectivity index (χ3v) is 9.02. The second-order valence-corrected chi connectivity index (χ2v) is 16.7. The molecular weight excluding hydrogens is 683 g/mol. The molecule has 0 bridgehead atoms. The molecule has 12 N–H and O–H groups in total. The van der Waals surface area contributed by atoms with Gasteiger partial charge >= 0.3 is 0 Å². The van der Waals surface area contributed by atoms with E-state index in [1.54, 1.807) is 11.8 Å². The smallest absolute Gasteiger partial charge is 0.240 e. The van der Waals surface area contributed by atoms with Crippen LogP contribution >= 0.6 is 11.8 Å². The summed E-state index contributed by atoms with van der Waals surface area (Å²) in [7, 11) is 0. The van der Waals surface area contributed by atoms with Crippen LogP contribution in [0.4, 0.5) is 0 Å². The largest absolute Gasteiger partial charge is 0.370 e. The number of carbonyl (C=O) groups excluding carboxylic acids is 4. The van der Waals surface area contributed by atoms with E-state index >= 15 is 0 Å². The van der Waals surface area contributed by atoms with Crippen LogP contribution in [0.15, 0.2) is 9.98 Å². The van der Waals surface area contributed by atoms with Gasteiger partial charge in [-0.3, -0.25) is 35.0 Å². The number of nitrogens with two attached hydrogens (primary N) is 4. The number of rotatable bonds is 28. The van der Waals surface area contributed by atoms with E-state index in [9.17, 15) is 19.2 Å².